The Morgan fingerprint density at radius 1 is 0.968 bits per heavy atom. The third-order valence-electron chi connectivity index (χ3n) is 5.12. The number of ketones is 1. The lowest BCUT2D eigenvalue weighted by molar-refractivity contribution is 0.0317. The second kappa shape index (κ2) is 9.49. The molecule has 0 bridgehead atoms. The Hall–Kier alpha value is -2.91. The second-order valence-corrected chi connectivity index (χ2v) is 9.05. The number of Topliss-reactive ketones (excluding diaryl/α,β-unsaturated/α-hetero) is 1. The number of carbonyl (C=O) groups is 2. The molecule has 166 valence electrons. The molecule has 1 aliphatic rings. The van der Waals surface area contributed by atoms with Crippen molar-refractivity contribution in [1.29, 1.82) is 0 Å². The lowest BCUT2D eigenvalue weighted by Gasteiger charge is -2.16. The molecule has 0 unspecified atom stereocenters. The van der Waals surface area contributed by atoms with Crippen LogP contribution in [0.3, 0.4) is 0 Å². The molecule has 1 heterocycles. The standard InChI is InChI=1S/C22H25NO7S/c1-15(21(24)19-11-8-17(28-2)14-20(19)29-3)30-22(25)16-6-9-18(10-7-16)31(26,27)23-12-4-5-13-23/h6-11,14-15H,4-5,12-13H2,1-3H3/t15-/m0/s1. The summed E-state index contributed by atoms with van der Waals surface area (Å²) in [6.07, 6.45) is 0.617. The fourth-order valence-electron chi connectivity index (χ4n) is 3.34. The van der Waals surface area contributed by atoms with Gasteiger partial charge in [0, 0.05) is 19.2 Å². The van der Waals surface area contributed by atoms with Gasteiger partial charge in [-0.1, -0.05) is 0 Å². The summed E-state index contributed by atoms with van der Waals surface area (Å²) < 4.78 is 42.3. The molecule has 0 saturated carbocycles. The van der Waals surface area contributed by atoms with Crippen LogP contribution in [-0.4, -0.2) is 57.9 Å². The minimum atomic E-state index is -3.56. The minimum absolute atomic E-state index is 0.123. The molecule has 0 spiro atoms. The number of carbonyl (C=O) groups excluding carboxylic acids is 2. The van der Waals surface area contributed by atoms with Gasteiger partial charge in [0.25, 0.3) is 0 Å². The van der Waals surface area contributed by atoms with E-state index in [0.29, 0.717) is 24.6 Å². The predicted molar refractivity (Wildman–Crippen MR) is 113 cm³/mol. The highest BCUT2D eigenvalue weighted by molar-refractivity contribution is 7.89. The molecule has 0 amide bonds. The summed E-state index contributed by atoms with van der Waals surface area (Å²) in [4.78, 5) is 25.3. The SMILES string of the molecule is COc1ccc(C(=O)[C@H](C)OC(=O)c2ccc(S(=O)(=O)N3CCCC3)cc2)c(OC)c1. The summed E-state index contributed by atoms with van der Waals surface area (Å²) in [5.74, 6) is -0.315. The molecule has 9 heteroatoms. The molecular weight excluding hydrogens is 422 g/mol. The van der Waals surface area contributed by atoms with Crippen LogP contribution in [-0.2, 0) is 14.8 Å². The van der Waals surface area contributed by atoms with Crippen molar-refractivity contribution in [2.75, 3.05) is 27.3 Å². The molecular formula is C22H25NO7S. The zero-order valence-electron chi connectivity index (χ0n) is 17.7. The van der Waals surface area contributed by atoms with Gasteiger partial charge in [-0.25, -0.2) is 13.2 Å². The first-order valence-electron chi connectivity index (χ1n) is 9.85. The van der Waals surface area contributed by atoms with E-state index in [9.17, 15) is 18.0 Å². The maximum atomic E-state index is 12.7. The van der Waals surface area contributed by atoms with E-state index in [1.54, 1.807) is 18.2 Å². The summed E-state index contributed by atoms with van der Waals surface area (Å²) in [5, 5.41) is 0. The van der Waals surface area contributed by atoms with E-state index in [1.807, 2.05) is 0 Å². The van der Waals surface area contributed by atoms with Crippen LogP contribution in [0.15, 0.2) is 47.4 Å². The lowest BCUT2D eigenvalue weighted by atomic mass is 10.1. The fraction of sp³-hybridized carbons (Fsp3) is 0.364. The molecule has 1 aliphatic heterocycles. The van der Waals surface area contributed by atoms with Crippen molar-refractivity contribution in [1.82, 2.24) is 4.31 Å². The zero-order chi connectivity index (χ0) is 22.6. The number of sulfonamides is 1. The average molecular weight is 448 g/mol. The molecule has 3 rings (SSSR count). The average Bonchev–Trinajstić information content (AvgIpc) is 3.34. The smallest absolute Gasteiger partial charge is 0.338 e. The third kappa shape index (κ3) is 4.88. The summed E-state index contributed by atoms with van der Waals surface area (Å²) in [5.41, 5.74) is 0.414. The van der Waals surface area contributed by atoms with Gasteiger partial charge in [0.1, 0.15) is 11.5 Å². The van der Waals surface area contributed by atoms with Gasteiger partial charge in [0.05, 0.1) is 30.2 Å². The highest BCUT2D eigenvalue weighted by Crippen LogP contribution is 2.26. The quantitative estimate of drug-likeness (QED) is 0.453. The Bertz CT molecular complexity index is 1060. The number of esters is 1. The largest absolute Gasteiger partial charge is 0.497 e. The Morgan fingerprint density at radius 2 is 1.61 bits per heavy atom. The van der Waals surface area contributed by atoms with Crippen molar-refractivity contribution in [2.45, 2.75) is 30.8 Å². The van der Waals surface area contributed by atoms with Crippen molar-refractivity contribution in [3.8, 4) is 11.5 Å². The van der Waals surface area contributed by atoms with Gasteiger partial charge in [0.2, 0.25) is 15.8 Å². The monoisotopic (exact) mass is 447 g/mol. The first kappa shape index (κ1) is 22.8. The number of benzene rings is 2. The van der Waals surface area contributed by atoms with E-state index in [-0.39, 0.29) is 16.0 Å². The van der Waals surface area contributed by atoms with E-state index < -0.39 is 27.9 Å². The molecule has 1 atom stereocenters. The van der Waals surface area contributed by atoms with Crippen LogP contribution in [0.2, 0.25) is 0 Å². The fourth-order valence-corrected chi connectivity index (χ4v) is 4.86. The van der Waals surface area contributed by atoms with Crippen molar-refractivity contribution < 1.29 is 32.2 Å². The van der Waals surface area contributed by atoms with Gasteiger partial charge in [-0.3, -0.25) is 4.79 Å². The number of rotatable bonds is 8. The highest BCUT2D eigenvalue weighted by atomic mass is 32.2. The molecule has 2 aromatic rings. The van der Waals surface area contributed by atoms with Crippen LogP contribution < -0.4 is 9.47 Å². The summed E-state index contributed by atoms with van der Waals surface area (Å²) >= 11 is 0. The van der Waals surface area contributed by atoms with Crippen LogP contribution in [0, 0.1) is 0 Å². The first-order chi connectivity index (χ1) is 14.8. The lowest BCUT2D eigenvalue weighted by Crippen LogP contribution is -2.28. The van der Waals surface area contributed by atoms with Gasteiger partial charge in [-0.15, -0.1) is 0 Å². The molecule has 8 nitrogen and oxygen atoms in total. The highest BCUT2D eigenvalue weighted by Gasteiger charge is 2.28. The summed E-state index contributed by atoms with van der Waals surface area (Å²) in [6, 6.07) is 10.3. The number of ether oxygens (including phenoxy) is 3. The first-order valence-corrected chi connectivity index (χ1v) is 11.3. The van der Waals surface area contributed by atoms with Crippen molar-refractivity contribution in [3.63, 3.8) is 0 Å². The Labute approximate surface area is 181 Å². The molecule has 0 N–H and O–H groups in total. The van der Waals surface area contributed by atoms with E-state index >= 15 is 0 Å². The third-order valence-corrected chi connectivity index (χ3v) is 7.03. The summed E-state index contributed by atoms with van der Waals surface area (Å²) in [6.45, 7) is 2.47. The predicted octanol–water partition coefficient (Wildman–Crippen LogP) is 2.92. The van der Waals surface area contributed by atoms with Gasteiger partial charge >= 0.3 is 5.97 Å². The zero-order valence-corrected chi connectivity index (χ0v) is 18.5. The van der Waals surface area contributed by atoms with Crippen LogP contribution in [0.25, 0.3) is 0 Å². The van der Waals surface area contributed by atoms with Crippen LogP contribution in [0.5, 0.6) is 11.5 Å². The Balaban J connectivity index is 1.70. The van der Waals surface area contributed by atoms with Crippen LogP contribution in [0.4, 0.5) is 0 Å². The van der Waals surface area contributed by atoms with Gasteiger partial charge in [0.15, 0.2) is 6.10 Å². The molecule has 1 saturated heterocycles. The maximum absolute atomic E-state index is 12.7. The second-order valence-electron chi connectivity index (χ2n) is 7.11. The molecule has 0 radical (unpaired) electrons. The molecule has 1 fully saturated rings. The Kier molecular flexibility index (Phi) is 6.97. The number of methoxy groups -OCH3 is 2. The molecule has 0 aliphatic carbocycles. The van der Waals surface area contributed by atoms with Crippen LogP contribution >= 0.6 is 0 Å². The molecule has 31 heavy (non-hydrogen) atoms. The van der Waals surface area contributed by atoms with Gasteiger partial charge in [-0.2, -0.15) is 4.31 Å². The van der Waals surface area contributed by atoms with E-state index in [1.165, 1.54) is 49.7 Å². The van der Waals surface area contributed by atoms with E-state index in [4.69, 9.17) is 14.2 Å². The topological polar surface area (TPSA) is 99.2 Å². The molecule has 0 aromatic heterocycles. The van der Waals surface area contributed by atoms with E-state index in [2.05, 4.69) is 0 Å². The van der Waals surface area contributed by atoms with Crippen molar-refractivity contribution >= 4 is 21.8 Å². The van der Waals surface area contributed by atoms with E-state index in [0.717, 1.165) is 12.8 Å². The minimum Gasteiger partial charge on any atom is -0.497 e. The maximum Gasteiger partial charge on any atom is 0.338 e. The van der Waals surface area contributed by atoms with Crippen molar-refractivity contribution in [3.05, 3.63) is 53.6 Å². The normalized spacial score (nSPS) is 15.3. The van der Waals surface area contributed by atoms with Crippen LogP contribution in [0.1, 0.15) is 40.5 Å². The number of hydrogen-bond donors (Lipinski definition) is 0. The number of hydrogen-bond acceptors (Lipinski definition) is 7. The Morgan fingerprint density at radius 3 is 2.19 bits per heavy atom. The summed E-state index contributed by atoms with van der Waals surface area (Å²) in [7, 11) is -0.631. The van der Waals surface area contributed by atoms with Gasteiger partial charge in [-0.05, 0) is 56.2 Å². The van der Waals surface area contributed by atoms with Crippen molar-refractivity contribution in [2.24, 2.45) is 0 Å². The number of nitrogens with zero attached hydrogens (tertiary/aromatic N) is 1. The molecule has 2 aromatic carbocycles. The van der Waals surface area contributed by atoms with Gasteiger partial charge < -0.3 is 14.2 Å².